The molecule has 1 fully saturated rings. The summed E-state index contributed by atoms with van der Waals surface area (Å²) in [5.74, 6) is 0.335. The van der Waals surface area contributed by atoms with E-state index >= 15 is 0 Å². The number of hydrogen-bond donors (Lipinski definition) is 0. The molecule has 0 N–H and O–H groups in total. The number of piperidine rings is 1. The maximum absolute atomic E-state index is 13.3. The van der Waals surface area contributed by atoms with Crippen molar-refractivity contribution in [3.05, 3.63) is 106 Å². The van der Waals surface area contributed by atoms with Crippen LogP contribution in [0, 0.1) is 17.2 Å². The summed E-state index contributed by atoms with van der Waals surface area (Å²) < 4.78 is 1.94. The smallest absolute Gasteiger partial charge is 0.253 e. The predicted molar refractivity (Wildman–Crippen MR) is 132 cm³/mol. The minimum atomic E-state index is -0.0156. The highest BCUT2D eigenvalue weighted by molar-refractivity contribution is 5.94. The van der Waals surface area contributed by atoms with Crippen molar-refractivity contribution < 1.29 is 4.79 Å². The van der Waals surface area contributed by atoms with Crippen LogP contribution in [-0.4, -0.2) is 28.5 Å². The number of carbonyl (C=O) groups excluding carboxylic acids is 1. The fourth-order valence-corrected chi connectivity index (χ4v) is 5.65. The van der Waals surface area contributed by atoms with Gasteiger partial charge in [0.1, 0.15) is 0 Å². The number of fused-ring (bicyclic) bond motifs is 5. The van der Waals surface area contributed by atoms with Gasteiger partial charge in [-0.1, -0.05) is 36.4 Å². The van der Waals surface area contributed by atoms with E-state index in [0.29, 0.717) is 30.8 Å². The van der Waals surface area contributed by atoms with Gasteiger partial charge in [-0.25, -0.2) is 0 Å². The summed E-state index contributed by atoms with van der Waals surface area (Å²) in [4.78, 5) is 28.1. The second-order valence-corrected chi connectivity index (χ2v) is 9.34. The number of pyridine rings is 1. The average Bonchev–Trinajstić information content (AvgIpc) is 2.88. The van der Waals surface area contributed by atoms with E-state index < -0.39 is 0 Å². The SMILES string of the molecule is N#Cc1ccc(C(=O)N2C[C@@H]3C[C@@H](C2)c2c(-c4ccc5ccccc5c4)ccc(=O)n2C3)cc1. The minimum absolute atomic E-state index is 0.0156. The molecule has 0 aliphatic carbocycles. The number of hydrogen-bond acceptors (Lipinski definition) is 3. The molecule has 1 aromatic heterocycles. The van der Waals surface area contributed by atoms with Crippen molar-refractivity contribution in [3.8, 4) is 17.2 Å². The van der Waals surface area contributed by atoms with Crippen molar-refractivity contribution >= 4 is 16.7 Å². The Hall–Kier alpha value is -4.17. The Bertz CT molecular complexity index is 1530. The lowest BCUT2D eigenvalue weighted by molar-refractivity contribution is 0.0595. The van der Waals surface area contributed by atoms with Crippen LogP contribution in [0.15, 0.2) is 83.7 Å². The molecule has 0 spiro atoms. The number of carbonyl (C=O) groups is 1. The highest BCUT2D eigenvalue weighted by Crippen LogP contribution is 2.40. The Kier molecular flexibility index (Phi) is 4.81. The first-order chi connectivity index (χ1) is 16.6. The lowest BCUT2D eigenvalue weighted by atomic mass is 9.80. The minimum Gasteiger partial charge on any atom is -0.338 e. The van der Waals surface area contributed by atoms with Gasteiger partial charge in [0.2, 0.25) is 0 Å². The summed E-state index contributed by atoms with van der Waals surface area (Å²) in [6.07, 6.45) is 0.973. The number of nitrogens with zero attached hydrogens (tertiary/aromatic N) is 3. The standard InChI is InChI=1S/C29H23N3O2/c30-15-19-5-7-22(8-6-19)29(34)31-16-20-13-25(18-31)28-26(11-12-27(33)32(28)17-20)24-10-9-21-3-1-2-4-23(21)14-24/h1-12,14,20,25H,13,16-18H2/t20-,25-/m0/s1. The second kappa shape index (κ2) is 8.00. The molecule has 2 bridgehead atoms. The highest BCUT2D eigenvalue weighted by Gasteiger charge is 2.38. The summed E-state index contributed by atoms with van der Waals surface area (Å²) >= 11 is 0. The van der Waals surface area contributed by atoms with Gasteiger partial charge in [0, 0.05) is 48.4 Å². The molecule has 4 aromatic rings. The van der Waals surface area contributed by atoms with Gasteiger partial charge < -0.3 is 9.47 Å². The lowest BCUT2D eigenvalue weighted by Gasteiger charge is -2.43. The number of amides is 1. The molecule has 0 unspecified atom stereocenters. The summed E-state index contributed by atoms with van der Waals surface area (Å²) in [6.45, 7) is 1.85. The van der Waals surface area contributed by atoms with Gasteiger partial charge in [0.05, 0.1) is 11.6 Å². The first-order valence-corrected chi connectivity index (χ1v) is 11.6. The van der Waals surface area contributed by atoms with Crippen LogP contribution in [0.2, 0.25) is 0 Å². The van der Waals surface area contributed by atoms with Crippen molar-refractivity contribution in [1.82, 2.24) is 9.47 Å². The Morgan fingerprint density at radius 3 is 2.47 bits per heavy atom. The van der Waals surface area contributed by atoms with E-state index in [4.69, 9.17) is 5.26 Å². The summed E-state index contributed by atoms with van der Waals surface area (Å²) in [7, 11) is 0. The number of benzene rings is 3. The molecule has 3 aromatic carbocycles. The highest BCUT2D eigenvalue weighted by atomic mass is 16.2. The first kappa shape index (κ1) is 20.4. The monoisotopic (exact) mass is 445 g/mol. The van der Waals surface area contributed by atoms with Crippen molar-refractivity contribution in [2.75, 3.05) is 13.1 Å². The molecule has 2 atom stereocenters. The largest absolute Gasteiger partial charge is 0.338 e. The number of nitriles is 1. The molecule has 2 aliphatic rings. The summed E-state index contributed by atoms with van der Waals surface area (Å²) in [6, 6.07) is 27.3. The van der Waals surface area contributed by atoms with Gasteiger partial charge in [-0.15, -0.1) is 0 Å². The summed E-state index contributed by atoms with van der Waals surface area (Å²) in [5.41, 5.74) is 4.37. The molecule has 6 rings (SSSR count). The number of likely N-dealkylation sites (tertiary alicyclic amines) is 1. The fraction of sp³-hybridized carbons (Fsp3) is 0.207. The van der Waals surface area contributed by atoms with Gasteiger partial charge >= 0.3 is 0 Å². The third-order valence-corrected chi connectivity index (χ3v) is 7.20. The van der Waals surface area contributed by atoms with E-state index in [1.54, 1.807) is 30.3 Å². The molecule has 34 heavy (non-hydrogen) atoms. The third-order valence-electron chi connectivity index (χ3n) is 7.20. The van der Waals surface area contributed by atoms with Gasteiger partial charge in [0.25, 0.3) is 11.5 Å². The number of aromatic nitrogens is 1. The van der Waals surface area contributed by atoms with E-state index in [-0.39, 0.29) is 23.3 Å². The molecule has 1 amide bonds. The lowest BCUT2D eigenvalue weighted by Crippen LogP contribution is -2.49. The van der Waals surface area contributed by atoms with E-state index in [1.165, 1.54) is 10.8 Å². The quantitative estimate of drug-likeness (QED) is 0.445. The van der Waals surface area contributed by atoms with Crippen LogP contribution in [0.4, 0.5) is 0 Å². The van der Waals surface area contributed by atoms with Crippen molar-refractivity contribution in [3.63, 3.8) is 0 Å². The molecule has 0 radical (unpaired) electrons. The van der Waals surface area contributed by atoms with Crippen LogP contribution in [0.25, 0.3) is 21.9 Å². The zero-order valence-electron chi connectivity index (χ0n) is 18.6. The van der Waals surface area contributed by atoms with E-state index in [0.717, 1.165) is 23.2 Å². The Morgan fingerprint density at radius 2 is 1.68 bits per heavy atom. The maximum atomic E-state index is 13.3. The molecule has 5 nitrogen and oxygen atoms in total. The van der Waals surface area contributed by atoms with Crippen LogP contribution < -0.4 is 5.56 Å². The van der Waals surface area contributed by atoms with Crippen LogP contribution >= 0.6 is 0 Å². The maximum Gasteiger partial charge on any atom is 0.253 e. The average molecular weight is 446 g/mol. The molecular weight excluding hydrogens is 422 g/mol. The topological polar surface area (TPSA) is 66.1 Å². The van der Waals surface area contributed by atoms with Crippen molar-refractivity contribution in [1.29, 1.82) is 5.26 Å². The van der Waals surface area contributed by atoms with Crippen LogP contribution in [0.3, 0.4) is 0 Å². The van der Waals surface area contributed by atoms with Gasteiger partial charge in [0.15, 0.2) is 0 Å². The molecule has 1 saturated heterocycles. The van der Waals surface area contributed by atoms with Gasteiger partial charge in [-0.2, -0.15) is 5.26 Å². The third kappa shape index (κ3) is 3.39. The van der Waals surface area contributed by atoms with Gasteiger partial charge in [-0.3, -0.25) is 9.59 Å². The molecule has 3 heterocycles. The van der Waals surface area contributed by atoms with E-state index in [1.807, 2.05) is 27.7 Å². The van der Waals surface area contributed by atoms with Crippen LogP contribution in [0.1, 0.15) is 34.0 Å². The molecule has 5 heteroatoms. The second-order valence-electron chi connectivity index (χ2n) is 9.34. The Labute approximate surface area is 197 Å². The zero-order chi connectivity index (χ0) is 23.2. The normalized spacial score (nSPS) is 18.9. The fourth-order valence-electron chi connectivity index (χ4n) is 5.65. The van der Waals surface area contributed by atoms with Gasteiger partial charge in [-0.05, 0) is 65.1 Å². The van der Waals surface area contributed by atoms with Crippen molar-refractivity contribution in [2.24, 2.45) is 5.92 Å². The Balaban J connectivity index is 1.39. The van der Waals surface area contributed by atoms with E-state index in [9.17, 15) is 9.59 Å². The molecule has 166 valence electrons. The zero-order valence-corrected chi connectivity index (χ0v) is 18.6. The first-order valence-electron chi connectivity index (χ1n) is 11.6. The summed E-state index contributed by atoms with van der Waals surface area (Å²) in [5, 5.41) is 11.4. The van der Waals surface area contributed by atoms with Crippen LogP contribution in [0.5, 0.6) is 0 Å². The molecule has 2 aliphatic heterocycles. The molecular formula is C29H23N3O2. The van der Waals surface area contributed by atoms with Crippen molar-refractivity contribution in [2.45, 2.75) is 18.9 Å². The molecule has 0 saturated carbocycles. The Morgan fingerprint density at radius 1 is 0.882 bits per heavy atom. The van der Waals surface area contributed by atoms with E-state index in [2.05, 4.69) is 36.4 Å². The number of rotatable bonds is 2. The van der Waals surface area contributed by atoms with Crippen LogP contribution in [-0.2, 0) is 6.54 Å². The predicted octanol–water partition coefficient (Wildman–Crippen LogP) is 4.80.